The molecule has 1 heterocycles. The number of nitrogens with zero attached hydrogens (tertiary/aromatic N) is 2. The van der Waals surface area contributed by atoms with E-state index < -0.39 is 0 Å². The van der Waals surface area contributed by atoms with Gasteiger partial charge in [-0.3, -0.25) is 0 Å². The van der Waals surface area contributed by atoms with Gasteiger partial charge in [0.05, 0.1) is 10.7 Å². The second-order valence-electron chi connectivity index (χ2n) is 3.60. The number of phenolic OH excluding ortho intramolecular Hbond substituents is 1. The van der Waals surface area contributed by atoms with Crippen molar-refractivity contribution in [3.05, 3.63) is 52.8 Å². The van der Waals surface area contributed by atoms with Gasteiger partial charge in [0.2, 0.25) is 0 Å². The molecule has 0 aliphatic heterocycles. The standard InChI is InChI=1S/C12H12ClN3O/c13-11-6-9(3-4-12(11)17)7-14-8-10-2-1-5-15-16-10/h1-6,14,17H,7-8H2. The topological polar surface area (TPSA) is 58.0 Å². The predicted octanol–water partition coefficient (Wildman–Crippen LogP) is 2.13. The van der Waals surface area contributed by atoms with Crippen molar-refractivity contribution in [1.29, 1.82) is 0 Å². The first-order chi connectivity index (χ1) is 8.25. The van der Waals surface area contributed by atoms with Crippen molar-refractivity contribution in [1.82, 2.24) is 15.5 Å². The monoisotopic (exact) mass is 249 g/mol. The van der Waals surface area contributed by atoms with E-state index in [1.165, 1.54) is 0 Å². The molecule has 5 heteroatoms. The number of hydrogen-bond donors (Lipinski definition) is 2. The van der Waals surface area contributed by atoms with Crippen LogP contribution in [0, 0.1) is 0 Å². The van der Waals surface area contributed by atoms with Gasteiger partial charge in [-0.05, 0) is 29.8 Å². The molecule has 17 heavy (non-hydrogen) atoms. The van der Waals surface area contributed by atoms with Gasteiger partial charge in [-0.2, -0.15) is 10.2 Å². The van der Waals surface area contributed by atoms with E-state index in [0.29, 0.717) is 18.1 Å². The lowest BCUT2D eigenvalue weighted by Gasteiger charge is -2.05. The van der Waals surface area contributed by atoms with Crippen LogP contribution in [0.15, 0.2) is 36.5 Å². The maximum absolute atomic E-state index is 9.28. The predicted molar refractivity (Wildman–Crippen MR) is 65.7 cm³/mol. The van der Waals surface area contributed by atoms with Crippen LogP contribution < -0.4 is 5.32 Å². The highest BCUT2D eigenvalue weighted by Crippen LogP contribution is 2.23. The van der Waals surface area contributed by atoms with Crippen LogP contribution in [0.5, 0.6) is 5.75 Å². The summed E-state index contributed by atoms with van der Waals surface area (Å²) in [5, 5.41) is 20.6. The van der Waals surface area contributed by atoms with E-state index in [1.807, 2.05) is 18.2 Å². The van der Waals surface area contributed by atoms with Crippen LogP contribution in [0.1, 0.15) is 11.3 Å². The Hall–Kier alpha value is -1.65. The van der Waals surface area contributed by atoms with Crippen LogP contribution in [0.4, 0.5) is 0 Å². The lowest BCUT2D eigenvalue weighted by molar-refractivity contribution is 0.475. The molecule has 1 aromatic heterocycles. The number of hydrogen-bond acceptors (Lipinski definition) is 4. The summed E-state index contributed by atoms with van der Waals surface area (Å²) in [6.45, 7) is 1.31. The molecule has 0 saturated carbocycles. The first-order valence-electron chi connectivity index (χ1n) is 5.20. The van der Waals surface area contributed by atoms with Crippen molar-refractivity contribution in [3.63, 3.8) is 0 Å². The molecule has 0 bridgehead atoms. The Kier molecular flexibility index (Phi) is 3.90. The number of nitrogens with one attached hydrogen (secondary N) is 1. The summed E-state index contributed by atoms with van der Waals surface area (Å²) in [5.74, 6) is 0.101. The van der Waals surface area contributed by atoms with Crippen LogP contribution in [0.3, 0.4) is 0 Å². The average molecular weight is 250 g/mol. The van der Waals surface area contributed by atoms with Gasteiger partial charge in [0, 0.05) is 19.3 Å². The first-order valence-corrected chi connectivity index (χ1v) is 5.58. The van der Waals surface area contributed by atoms with Crippen molar-refractivity contribution < 1.29 is 5.11 Å². The van der Waals surface area contributed by atoms with Crippen molar-refractivity contribution in [2.24, 2.45) is 0 Å². The molecule has 4 nitrogen and oxygen atoms in total. The summed E-state index contributed by atoms with van der Waals surface area (Å²) in [4.78, 5) is 0. The highest BCUT2D eigenvalue weighted by atomic mass is 35.5. The number of benzene rings is 1. The average Bonchev–Trinajstić information content (AvgIpc) is 2.35. The summed E-state index contributed by atoms with van der Waals surface area (Å²) in [7, 11) is 0. The van der Waals surface area contributed by atoms with E-state index in [4.69, 9.17) is 11.6 Å². The second kappa shape index (κ2) is 5.61. The molecule has 0 fully saturated rings. The fourth-order valence-corrected chi connectivity index (χ4v) is 1.63. The van der Waals surface area contributed by atoms with Gasteiger partial charge in [0.1, 0.15) is 5.75 Å². The fraction of sp³-hybridized carbons (Fsp3) is 0.167. The van der Waals surface area contributed by atoms with Crippen LogP contribution in [-0.2, 0) is 13.1 Å². The molecule has 0 unspecified atom stereocenters. The fourth-order valence-electron chi connectivity index (χ4n) is 1.42. The maximum Gasteiger partial charge on any atom is 0.134 e. The minimum absolute atomic E-state index is 0.101. The van der Waals surface area contributed by atoms with Crippen LogP contribution in [0.25, 0.3) is 0 Å². The quantitative estimate of drug-likeness (QED) is 0.872. The van der Waals surface area contributed by atoms with Gasteiger partial charge in [-0.25, -0.2) is 0 Å². The van der Waals surface area contributed by atoms with Crippen LogP contribution >= 0.6 is 11.6 Å². The highest BCUT2D eigenvalue weighted by molar-refractivity contribution is 6.32. The molecule has 1 aromatic carbocycles. The molecular formula is C12H12ClN3O. The van der Waals surface area contributed by atoms with E-state index >= 15 is 0 Å². The number of halogens is 1. The van der Waals surface area contributed by atoms with Crippen molar-refractivity contribution in [2.75, 3.05) is 0 Å². The molecule has 0 aliphatic carbocycles. The molecular weight excluding hydrogens is 238 g/mol. The van der Waals surface area contributed by atoms with E-state index in [-0.39, 0.29) is 5.75 Å². The zero-order valence-corrected chi connectivity index (χ0v) is 9.85. The summed E-state index contributed by atoms with van der Waals surface area (Å²) in [6, 6.07) is 8.90. The minimum atomic E-state index is 0.101. The lowest BCUT2D eigenvalue weighted by atomic mass is 10.2. The first kappa shape index (κ1) is 11.8. The van der Waals surface area contributed by atoms with Gasteiger partial charge in [-0.1, -0.05) is 17.7 Å². The smallest absolute Gasteiger partial charge is 0.134 e. The van der Waals surface area contributed by atoms with Gasteiger partial charge in [0.25, 0.3) is 0 Å². The molecule has 0 amide bonds. The molecule has 0 aliphatic rings. The molecule has 2 rings (SSSR count). The molecule has 0 radical (unpaired) electrons. The summed E-state index contributed by atoms with van der Waals surface area (Å²) in [6.07, 6.45) is 1.64. The van der Waals surface area contributed by atoms with E-state index in [2.05, 4.69) is 15.5 Å². The van der Waals surface area contributed by atoms with Crippen LogP contribution in [0.2, 0.25) is 5.02 Å². The Balaban J connectivity index is 1.88. The highest BCUT2D eigenvalue weighted by Gasteiger charge is 2.00. The maximum atomic E-state index is 9.28. The van der Waals surface area contributed by atoms with E-state index in [9.17, 15) is 5.11 Å². The second-order valence-corrected chi connectivity index (χ2v) is 4.01. The molecule has 0 saturated heterocycles. The third kappa shape index (κ3) is 3.41. The summed E-state index contributed by atoms with van der Waals surface area (Å²) >= 11 is 5.81. The summed E-state index contributed by atoms with van der Waals surface area (Å²) in [5.41, 5.74) is 1.90. The largest absolute Gasteiger partial charge is 0.506 e. The number of aromatic hydroxyl groups is 1. The minimum Gasteiger partial charge on any atom is -0.506 e. The molecule has 88 valence electrons. The third-order valence-corrected chi connectivity index (χ3v) is 2.58. The number of rotatable bonds is 4. The zero-order chi connectivity index (χ0) is 12.1. The molecule has 0 atom stereocenters. The van der Waals surface area contributed by atoms with Crippen LogP contribution in [-0.4, -0.2) is 15.3 Å². The van der Waals surface area contributed by atoms with E-state index in [0.717, 1.165) is 11.3 Å². The molecule has 0 spiro atoms. The van der Waals surface area contributed by atoms with Gasteiger partial charge in [-0.15, -0.1) is 0 Å². The Morgan fingerprint density at radius 2 is 2.12 bits per heavy atom. The normalized spacial score (nSPS) is 10.4. The van der Waals surface area contributed by atoms with E-state index in [1.54, 1.807) is 18.3 Å². The molecule has 2 aromatic rings. The third-order valence-electron chi connectivity index (χ3n) is 2.27. The Labute approximate surface area is 104 Å². The number of phenols is 1. The molecule has 2 N–H and O–H groups in total. The van der Waals surface area contributed by atoms with Crippen molar-refractivity contribution in [2.45, 2.75) is 13.1 Å². The van der Waals surface area contributed by atoms with Gasteiger partial charge >= 0.3 is 0 Å². The zero-order valence-electron chi connectivity index (χ0n) is 9.10. The van der Waals surface area contributed by atoms with Gasteiger partial charge < -0.3 is 10.4 Å². The lowest BCUT2D eigenvalue weighted by Crippen LogP contribution is -2.13. The summed E-state index contributed by atoms with van der Waals surface area (Å²) < 4.78 is 0. The Morgan fingerprint density at radius 1 is 1.24 bits per heavy atom. The van der Waals surface area contributed by atoms with Crippen molar-refractivity contribution in [3.8, 4) is 5.75 Å². The van der Waals surface area contributed by atoms with Crippen molar-refractivity contribution >= 4 is 11.6 Å². The Morgan fingerprint density at radius 3 is 2.82 bits per heavy atom. The number of aromatic nitrogens is 2. The van der Waals surface area contributed by atoms with Gasteiger partial charge in [0.15, 0.2) is 0 Å². The Bertz CT molecular complexity index is 490. The SMILES string of the molecule is Oc1ccc(CNCc2cccnn2)cc1Cl.